The Morgan fingerprint density at radius 2 is 0.800 bits per heavy atom. The van der Waals surface area contributed by atoms with Crippen LogP contribution >= 0.6 is 0 Å². The molecule has 3 aliphatic rings. The summed E-state index contributed by atoms with van der Waals surface area (Å²) in [6.07, 6.45) is 0. The highest BCUT2D eigenvalue weighted by Crippen LogP contribution is 2.23. The first-order chi connectivity index (χ1) is 37.6. The van der Waals surface area contributed by atoms with Crippen molar-refractivity contribution in [3.8, 4) is 0 Å². The second-order valence-electron chi connectivity index (χ2n) is 24.0. The number of carbonyl (C=O) groups is 6. The van der Waals surface area contributed by atoms with Gasteiger partial charge in [-0.3, -0.25) is 67.5 Å². The maximum Gasteiger partial charge on any atom is 0.239 e. The van der Waals surface area contributed by atoms with Crippen LogP contribution in [0.4, 0.5) is 17.5 Å². The Bertz CT molecular complexity index is 2870. The summed E-state index contributed by atoms with van der Waals surface area (Å²) in [5.74, 6) is 1.66. The number of amides is 6. The summed E-state index contributed by atoms with van der Waals surface area (Å²) in [6.45, 7) is 31.1. The van der Waals surface area contributed by atoms with Gasteiger partial charge in [0, 0.05) is 121 Å². The summed E-state index contributed by atoms with van der Waals surface area (Å²) in [4.78, 5) is 85.7. The van der Waals surface area contributed by atoms with Crippen molar-refractivity contribution in [1.82, 2.24) is 70.1 Å². The molecule has 3 saturated heterocycles. The SMILES string of the molecule is CC(C)(C)NC(=O)CN1CCN(CC(=O)Nc2noc3ccccc23)CC1.Cc1cc(NC(=O)CN2CCN(CC(=O)NC(C)(C)C)CC2)n(C)n1.Cn1nc(NC(=O)CN2CCN(CC(=O)NC(C)(C)C)CC2)c2ccccc21. The van der Waals surface area contributed by atoms with E-state index < -0.39 is 0 Å². The largest absolute Gasteiger partial charge is 0.354 e. The number of hydrogen-bond acceptors (Lipinski definition) is 16. The highest BCUT2D eigenvalue weighted by atomic mass is 16.5. The lowest BCUT2D eigenvalue weighted by atomic mass is 10.1. The third-order valence-corrected chi connectivity index (χ3v) is 13.1. The minimum atomic E-state index is -0.220. The molecule has 6 N–H and O–H groups in total. The molecule has 24 heteroatoms. The van der Waals surface area contributed by atoms with Crippen LogP contribution in [-0.4, -0.2) is 224 Å². The molecule has 2 aromatic carbocycles. The van der Waals surface area contributed by atoms with Crippen molar-refractivity contribution in [2.45, 2.75) is 85.9 Å². The molecule has 0 aliphatic carbocycles. The molecule has 6 heterocycles. The van der Waals surface area contributed by atoms with Gasteiger partial charge < -0.3 is 36.4 Å². The second kappa shape index (κ2) is 28.0. The Hall–Kier alpha value is -6.83. The van der Waals surface area contributed by atoms with Crippen molar-refractivity contribution >= 4 is 74.8 Å². The molecule has 3 aromatic heterocycles. The molecule has 8 rings (SSSR count). The fourth-order valence-electron chi connectivity index (χ4n) is 9.44. The predicted octanol–water partition coefficient (Wildman–Crippen LogP) is 2.54. The zero-order chi connectivity index (χ0) is 58.4. The average molecular weight is 1110 g/mol. The van der Waals surface area contributed by atoms with Crippen molar-refractivity contribution in [3.05, 3.63) is 60.3 Å². The van der Waals surface area contributed by atoms with Crippen LogP contribution in [0.25, 0.3) is 21.9 Å². The highest BCUT2D eigenvalue weighted by molar-refractivity contribution is 6.01. The molecule has 80 heavy (non-hydrogen) atoms. The lowest BCUT2D eigenvalue weighted by Crippen LogP contribution is -2.52. The van der Waals surface area contributed by atoms with E-state index in [1.54, 1.807) is 9.36 Å². The number of fused-ring (bicyclic) bond motifs is 2. The van der Waals surface area contributed by atoms with Gasteiger partial charge in [-0.1, -0.05) is 29.4 Å². The molecule has 438 valence electrons. The number of anilines is 3. The molecule has 3 aliphatic heterocycles. The van der Waals surface area contributed by atoms with E-state index in [0.29, 0.717) is 62.3 Å². The molecule has 24 nitrogen and oxygen atoms in total. The predicted molar refractivity (Wildman–Crippen MR) is 311 cm³/mol. The van der Waals surface area contributed by atoms with Crippen molar-refractivity contribution in [2.75, 3.05) is 134 Å². The average Bonchev–Trinajstić information content (AvgIpc) is 4.01. The lowest BCUT2D eigenvalue weighted by Gasteiger charge is -2.34. The lowest BCUT2D eigenvalue weighted by molar-refractivity contribution is -0.125. The van der Waals surface area contributed by atoms with Crippen LogP contribution in [0.3, 0.4) is 0 Å². The molecular formula is C56H87N17O7. The molecule has 0 atom stereocenters. The molecule has 0 bridgehead atoms. The summed E-state index contributed by atoms with van der Waals surface area (Å²) < 4.78 is 8.64. The summed E-state index contributed by atoms with van der Waals surface area (Å²) in [7, 11) is 3.68. The zero-order valence-electron chi connectivity index (χ0n) is 49.2. The van der Waals surface area contributed by atoms with Crippen LogP contribution < -0.4 is 31.9 Å². The molecule has 3 fully saturated rings. The van der Waals surface area contributed by atoms with Crippen LogP contribution in [0.1, 0.15) is 68.0 Å². The van der Waals surface area contributed by atoms with E-state index >= 15 is 0 Å². The van der Waals surface area contributed by atoms with Gasteiger partial charge in [0.25, 0.3) is 0 Å². The second-order valence-corrected chi connectivity index (χ2v) is 24.0. The maximum absolute atomic E-state index is 12.5. The Labute approximate surface area is 470 Å². The molecule has 5 aromatic rings. The van der Waals surface area contributed by atoms with Crippen LogP contribution in [0.2, 0.25) is 0 Å². The highest BCUT2D eigenvalue weighted by Gasteiger charge is 2.26. The van der Waals surface area contributed by atoms with E-state index in [1.807, 2.05) is 138 Å². The van der Waals surface area contributed by atoms with Gasteiger partial charge in [0.2, 0.25) is 35.4 Å². The van der Waals surface area contributed by atoms with Gasteiger partial charge in [-0.15, -0.1) is 0 Å². The van der Waals surface area contributed by atoms with Crippen LogP contribution in [0.5, 0.6) is 0 Å². The van der Waals surface area contributed by atoms with Crippen LogP contribution in [0, 0.1) is 6.92 Å². The van der Waals surface area contributed by atoms with Gasteiger partial charge in [-0.2, -0.15) is 10.2 Å². The topological polar surface area (TPSA) is 256 Å². The first-order valence-corrected chi connectivity index (χ1v) is 27.6. The monoisotopic (exact) mass is 1110 g/mol. The van der Waals surface area contributed by atoms with Gasteiger partial charge in [0.1, 0.15) is 5.82 Å². The first kappa shape index (κ1) is 62.4. The van der Waals surface area contributed by atoms with E-state index in [0.717, 1.165) is 101 Å². The van der Waals surface area contributed by atoms with Crippen LogP contribution in [-0.2, 0) is 42.9 Å². The number of hydrogen-bond donors (Lipinski definition) is 6. The molecule has 0 spiro atoms. The number of rotatable bonds is 15. The van der Waals surface area contributed by atoms with E-state index in [9.17, 15) is 28.8 Å². The summed E-state index contributed by atoms with van der Waals surface area (Å²) in [5.41, 5.74) is 1.87. The summed E-state index contributed by atoms with van der Waals surface area (Å²) >= 11 is 0. The van der Waals surface area contributed by atoms with E-state index in [2.05, 4.69) is 76.7 Å². The van der Waals surface area contributed by atoms with Gasteiger partial charge in [-0.25, -0.2) is 0 Å². The first-order valence-electron chi connectivity index (χ1n) is 27.6. The number of carbonyl (C=O) groups excluding carboxylic acids is 6. The summed E-state index contributed by atoms with van der Waals surface area (Å²) in [6, 6.07) is 17.1. The number of nitrogens with zero attached hydrogens (tertiary/aromatic N) is 11. The Kier molecular flexibility index (Phi) is 21.9. The van der Waals surface area contributed by atoms with Gasteiger partial charge in [0.15, 0.2) is 17.2 Å². The number of benzene rings is 2. The number of para-hydroxylation sites is 2. The van der Waals surface area contributed by atoms with Crippen LogP contribution in [0.15, 0.2) is 59.1 Å². The quantitative estimate of drug-likeness (QED) is 0.0881. The Morgan fingerprint density at radius 1 is 0.450 bits per heavy atom. The fraction of sp³-hybridized carbons (Fsp3) is 0.589. The van der Waals surface area contributed by atoms with Gasteiger partial charge in [-0.05, 0) is 93.5 Å². The molecular weight excluding hydrogens is 1020 g/mol. The van der Waals surface area contributed by atoms with Gasteiger partial charge in [0.05, 0.1) is 55.9 Å². The maximum atomic E-state index is 12.5. The molecule has 0 saturated carbocycles. The van der Waals surface area contributed by atoms with Crippen molar-refractivity contribution in [1.29, 1.82) is 0 Å². The molecule has 0 radical (unpaired) electrons. The smallest absolute Gasteiger partial charge is 0.239 e. The molecule has 0 unspecified atom stereocenters. The minimum Gasteiger partial charge on any atom is -0.354 e. The Morgan fingerprint density at radius 3 is 1.19 bits per heavy atom. The number of piperazine rings is 3. The normalized spacial score (nSPS) is 16.4. The molecule has 6 amide bonds. The number of nitrogens with one attached hydrogen (secondary N) is 6. The van der Waals surface area contributed by atoms with Crippen molar-refractivity contribution in [3.63, 3.8) is 0 Å². The van der Waals surface area contributed by atoms with Gasteiger partial charge >= 0.3 is 0 Å². The standard InChI is InChI=1S/C20H30N6O2.C19H27N5O3.C17H30N6O2/c1-20(2,3)22-18(28)14-26-11-9-25(10-12-26)13-17(27)21-19-15-7-5-6-8-16(15)24(4)23-19;1-19(2,3)21-17(26)13-24-10-8-23(9-11-24)12-16(25)20-18-14-6-4-5-7-15(14)27-22-18;1-13-10-14(21(5)20-13)18-15(24)11-22-6-8-23(9-7-22)12-16(25)19-17(2,3)4/h5-8H,9-14H2,1-4H3,(H,22,28)(H,21,23,27);4-7H,8-13H2,1-3H3,(H,21,26)(H,20,22,25);10H,6-9,11-12H2,1-5H3,(H,18,24)(H,19,25). The number of aromatic nitrogens is 5. The zero-order valence-corrected chi connectivity index (χ0v) is 49.2. The fourth-order valence-corrected chi connectivity index (χ4v) is 9.44. The third-order valence-electron chi connectivity index (χ3n) is 13.1. The van der Waals surface area contributed by atoms with E-state index in [4.69, 9.17) is 4.52 Å². The number of aryl methyl sites for hydroxylation is 3. The Balaban J connectivity index is 0.000000194. The van der Waals surface area contributed by atoms with E-state index in [-0.39, 0.29) is 52.1 Å². The third kappa shape index (κ3) is 21.0. The van der Waals surface area contributed by atoms with Crippen molar-refractivity contribution in [2.24, 2.45) is 14.1 Å². The van der Waals surface area contributed by atoms with E-state index in [1.165, 1.54) is 0 Å². The van der Waals surface area contributed by atoms with Crippen molar-refractivity contribution < 1.29 is 33.3 Å². The summed E-state index contributed by atoms with van der Waals surface area (Å²) in [5, 5.41) is 31.9. The minimum absolute atomic E-state index is 0.0339.